The topological polar surface area (TPSA) is 128 Å². The number of rotatable bonds is 12. The van der Waals surface area contributed by atoms with Crippen LogP contribution in [-0.4, -0.2) is 73.3 Å². The van der Waals surface area contributed by atoms with Crippen molar-refractivity contribution in [3.63, 3.8) is 0 Å². The summed E-state index contributed by atoms with van der Waals surface area (Å²) in [6.45, 7) is 7.34. The summed E-state index contributed by atoms with van der Waals surface area (Å²) in [5.41, 5.74) is 3.92. The molecule has 4 aromatic rings. The van der Waals surface area contributed by atoms with Crippen LogP contribution in [0.5, 0.6) is 5.75 Å². The van der Waals surface area contributed by atoms with Crippen molar-refractivity contribution in [2.75, 3.05) is 25.0 Å². The van der Waals surface area contributed by atoms with Crippen molar-refractivity contribution in [1.82, 2.24) is 19.6 Å². The zero-order valence-corrected chi connectivity index (χ0v) is 28.3. The fraction of sp³-hybridized carbons (Fsp3) is 0.351. The minimum atomic E-state index is -0.608. The molecule has 10 nitrogen and oxygen atoms in total. The third-order valence-electron chi connectivity index (χ3n) is 8.73. The van der Waals surface area contributed by atoms with Crippen LogP contribution in [0.25, 0.3) is 5.69 Å². The first-order valence-electron chi connectivity index (χ1n) is 16.4. The molecule has 0 saturated heterocycles. The van der Waals surface area contributed by atoms with Crippen LogP contribution in [0.2, 0.25) is 5.02 Å². The monoisotopic (exact) mass is 671 g/mol. The predicted molar refractivity (Wildman–Crippen MR) is 186 cm³/mol. The number of fused-ring (bicyclic) bond motifs is 1. The molecule has 1 aliphatic rings. The summed E-state index contributed by atoms with van der Waals surface area (Å²) in [4.78, 5) is 44.8. The second-order valence-corrected chi connectivity index (χ2v) is 12.6. The molecule has 2 heterocycles. The predicted octanol–water partition coefficient (Wildman–Crippen LogP) is 6.39. The fourth-order valence-corrected chi connectivity index (χ4v) is 6.18. The van der Waals surface area contributed by atoms with Gasteiger partial charge in [0.1, 0.15) is 5.75 Å². The Labute approximate surface area is 285 Å². The average molecular weight is 672 g/mol. The number of nitrogens with zero attached hydrogens (tertiary/aromatic N) is 4. The highest BCUT2D eigenvalue weighted by Crippen LogP contribution is 2.31. The smallest absolute Gasteiger partial charge is 0.274 e. The molecule has 1 aliphatic heterocycles. The van der Waals surface area contributed by atoms with E-state index in [9.17, 15) is 24.6 Å². The van der Waals surface area contributed by atoms with Gasteiger partial charge in [0.15, 0.2) is 5.69 Å². The van der Waals surface area contributed by atoms with Crippen LogP contribution < -0.4 is 5.32 Å². The van der Waals surface area contributed by atoms with Gasteiger partial charge < -0.3 is 25.3 Å². The Morgan fingerprint density at radius 3 is 2.35 bits per heavy atom. The van der Waals surface area contributed by atoms with Gasteiger partial charge >= 0.3 is 0 Å². The van der Waals surface area contributed by atoms with Gasteiger partial charge in [-0.2, -0.15) is 5.10 Å². The highest BCUT2D eigenvalue weighted by atomic mass is 35.5. The van der Waals surface area contributed by atoms with Gasteiger partial charge in [0.25, 0.3) is 17.7 Å². The van der Waals surface area contributed by atoms with E-state index in [0.29, 0.717) is 36.6 Å². The van der Waals surface area contributed by atoms with Crippen molar-refractivity contribution < 1.29 is 24.6 Å². The van der Waals surface area contributed by atoms with Crippen LogP contribution >= 0.6 is 11.6 Å². The molecule has 3 aromatic carbocycles. The summed E-state index contributed by atoms with van der Waals surface area (Å²) >= 11 is 6.04. The van der Waals surface area contributed by atoms with Gasteiger partial charge in [-0.3, -0.25) is 14.4 Å². The number of unbranched alkanes of at least 4 members (excludes halogenated alkanes) is 2. The number of aliphatic hydroxyl groups is 1. The molecule has 3 amide bonds. The van der Waals surface area contributed by atoms with E-state index in [4.69, 9.17) is 16.7 Å². The number of hydrogen-bond donors (Lipinski definition) is 3. The Bertz CT molecular complexity index is 1800. The third kappa shape index (κ3) is 7.40. The summed E-state index contributed by atoms with van der Waals surface area (Å²) in [7, 11) is 0. The van der Waals surface area contributed by atoms with E-state index in [0.717, 1.165) is 36.8 Å². The van der Waals surface area contributed by atoms with Gasteiger partial charge in [-0.1, -0.05) is 68.6 Å². The molecule has 0 spiro atoms. The zero-order valence-electron chi connectivity index (χ0n) is 27.6. The van der Waals surface area contributed by atoms with Gasteiger partial charge in [0.2, 0.25) is 0 Å². The first-order valence-corrected chi connectivity index (χ1v) is 16.8. The molecule has 0 saturated carbocycles. The molecule has 0 aliphatic carbocycles. The SMILES string of the molecule is CCCCN(CCCC)C(=O)c1cc(C)n(-c2ccc(NC(=O)c3cccc(Cl)c3O)cc2C(=O)N2Cc3ccccc3C[C@H]2CO)n1. The Balaban J connectivity index is 1.55. The number of para-hydroxylation sites is 1. The van der Waals surface area contributed by atoms with Crippen molar-refractivity contribution in [2.45, 2.75) is 65.5 Å². The molecule has 252 valence electrons. The Morgan fingerprint density at radius 1 is 0.958 bits per heavy atom. The first-order chi connectivity index (χ1) is 23.2. The number of amides is 3. The average Bonchev–Trinajstić information content (AvgIpc) is 3.49. The molecular weight excluding hydrogens is 630 g/mol. The number of carbonyl (C=O) groups excluding carboxylic acids is 3. The van der Waals surface area contributed by atoms with Crippen LogP contribution in [0, 0.1) is 6.92 Å². The van der Waals surface area contributed by atoms with Gasteiger partial charge in [0, 0.05) is 31.0 Å². The number of aromatic nitrogens is 2. The largest absolute Gasteiger partial charge is 0.506 e. The minimum absolute atomic E-state index is 0.0192. The van der Waals surface area contributed by atoms with E-state index in [1.807, 2.05) is 36.1 Å². The number of nitrogens with one attached hydrogen (secondary N) is 1. The molecule has 11 heteroatoms. The highest BCUT2D eigenvalue weighted by molar-refractivity contribution is 6.32. The second-order valence-electron chi connectivity index (χ2n) is 12.1. The van der Waals surface area contributed by atoms with E-state index < -0.39 is 11.9 Å². The lowest BCUT2D eigenvalue weighted by Crippen LogP contribution is -2.46. The number of anilines is 1. The van der Waals surface area contributed by atoms with Crippen LogP contribution in [-0.2, 0) is 13.0 Å². The van der Waals surface area contributed by atoms with E-state index >= 15 is 0 Å². The minimum Gasteiger partial charge on any atom is -0.506 e. The zero-order chi connectivity index (χ0) is 34.4. The number of hydrogen-bond acceptors (Lipinski definition) is 6. The third-order valence-corrected chi connectivity index (χ3v) is 9.03. The second kappa shape index (κ2) is 15.5. The van der Waals surface area contributed by atoms with Crippen LogP contribution in [0.4, 0.5) is 5.69 Å². The normalized spacial score (nSPS) is 14.0. The number of benzene rings is 3. The Hall–Kier alpha value is -4.67. The number of halogens is 1. The molecule has 5 rings (SSSR count). The van der Waals surface area contributed by atoms with Crippen LogP contribution in [0.3, 0.4) is 0 Å². The number of phenolic OH excluding ortho intramolecular Hbond substituents is 1. The highest BCUT2D eigenvalue weighted by Gasteiger charge is 2.32. The summed E-state index contributed by atoms with van der Waals surface area (Å²) in [6, 6.07) is 18.4. The van der Waals surface area contributed by atoms with E-state index in [-0.39, 0.29) is 52.6 Å². The molecular formula is C37H42ClN5O5. The summed E-state index contributed by atoms with van der Waals surface area (Å²) < 4.78 is 1.58. The molecule has 0 unspecified atom stereocenters. The molecule has 0 fully saturated rings. The number of carbonyl (C=O) groups is 3. The van der Waals surface area contributed by atoms with Crippen molar-refractivity contribution in [2.24, 2.45) is 0 Å². The summed E-state index contributed by atoms with van der Waals surface area (Å²) in [5.74, 6) is -1.48. The van der Waals surface area contributed by atoms with Crippen LogP contribution in [0.15, 0.2) is 66.7 Å². The first kappa shape index (κ1) is 34.7. The van der Waals surface area contributed by atoms with E-state index in [1.54, 1.807) is 39.9 Å². The number of aryl methyl sites for hydroxylation is 1. The lowest BCUT2D eigenvalue weighted by Gasteiger charge is -2.36. The summed E-state index contributed by atoms with van der Waals surface area (Å²) in [5, 5.41) is 28.3. The number of phenols is 1. The van der Waals surface area contributed by atoms with E-state index in [1.165, 1.54) is 12.1 Å². The molecule has 3 N–H and O–H groups in total. The lowest BCUT2D eigenvalue weighted by atomic mass is 9.93. The van der Waals surface area contributed by atoms with Crippen LogP contribution in [0.1, 0.15) is 87.6 Å². The Morgan fingerprint density at radius 2 is 1.67 bits per heavy atom. The van der Waals surface area contributed by atoms with Crippen molar-refractivity contribution in [3.05, 3.63) is 105 Å². The standard InChI is InChI=1S/C37H42ClN5O5/c1-4-6-17-41(18-7-5-2)37(48)32-19-24(3)43(40-32)33-16-15-27(39-35(46)29-13-10-14-31(38)34(29)45)21-30(33)36(47)42-22-26-12-9-8-11-25(26)20-28(42)23-44/h8-16,19,21,28,44-45H,4-7,17-18,20,22-23H2,1-3H3,(H,39,46)/t28-/m0/s1. The van der Waals surface area contributed by atoms with Crippen molar-refractivity contribution >= 4 is 35.0 Å². The molecule has 1 aromatic heterocycles. The maximum Gasteiger partial charge on any atom is 0.274 e. The quantitative estimate of drug-likeness (QED) is 0.160. The van der Waals surface area contributed by atoms with Gasteiger partial charge in [-0.05, 0) is 73.7 Å². The van der Waals surface area contributed by atoms with Crippen molar-refractivity contribution in [3.8, 4) is 11.4 Å². The molecule has 0 bridgehead atoms. The maximum absolute atomic E-state index is 14.5. The van der Waals surface area contributed by atoms with Gasteiger partial charge in [-0.15, -0.1) is 0 Å². The lowest BCUT2D eigenvalue weighted by molar-refractivity contribution is 0.0544. The molecule has 1 atom stereocenters. The van der Waals surface area contributed by atoms with Gasteiger partial charge in [-0.25, -0.2) is 4.68 Å². The maximum atomic E-state index is 14.5. The molecule has 0 radical (unpaired) electrons. The fourth-order valence-electron chi connectivity index (χ4n) is 6.01. The number of aromatic hydroxyl groups is 1. The molecule has 48 heavy (non-hydrogen) atoms. The Kier molecular flexibility index (Phi) is 11.2. The number of aliphatic hydroxyl groups excluding tert-OH is 1. The summed E-state index contributed by atoms with van der Waals surface area (Å²) in [6.07, 6.45) is 4.19. The van der Waals surface area contributed by atoms with E-state index in [2.05, 4.69) is 19.2 Å². The van der Waals surface area contributed by atoms with Crippen molar-refractivity contribution in [1.29, 1.82) is 0 Å². The van der Waals surface area contributed by atoms with Gasteiger partial charge in [0.05, 0.1) is 34.5 Å².